The molecular weight excluding hydrogens is 484 g/mol. The summed E-state index contributed by atoms with van der Waals surface area (Å²) in [5, 5.41) is 3.78. The molecule has 0 atom stereocenters. The molecule has 2 aromatic heterocycles. The number of nitrogens with zero attached hydrogens (tertiary/aromatic N) is 2. The molecule has 12 heteroatoms. The highest BCUT2D eigenvalue weighted by Gasteiger charge is 2.37. The number of methoxy groups -OCH3 is 1. The summed E-state index contributed by atoms with van der Waals surface area (Å²) in [5.41, 5.74) is -1.75. The molecule has 0 saturated carbocycles. The molecule has 2 aromatic carbocycles. The molecule has 0 aliphatic heterocycles. The lowest BCUT2D eigenvalue weighted by atomic mass is 10.1. The van der Waals surface area contributed by atoms with Crippen molar-refractivity contribution < 1.29 is 35.9 Å². The Hall–Kier alpha value is -3.54. The Morgan fingerprint density at radius 1 is 1.06 bits per heavy atom. The maximum absolute atomic E-state index is 13.0. The Morgan fingerprint density at radius 2 is 1.74 bits per heavy atom. The van der Waals surface area contributed by atoms with Crippen molar-refractivity contribution in [1.82, 2.24) is 9.38 Å². The van der Waals surface area contributed by atoms with Crippen LogP contribution in [-0.4, -0.2) is 22.4 Å². The summed E-state index contributed by atoms with van der Waals surface area (Å²) >= 11 is 1.24. The Bertz CT molecular complexity index is 1320. The van der Waals surface area contributed by atoms with Gasteiger partial charge in [0.25, 0.3) is 0 Å². The van der Waals surface area contributed by atoms with Gasteiger partial charge in [0.05, 0.1) is 30.4 Å². The third-order valence-corrected chi connectivity index (χ3v) is 5.75. The molecule has 1 N–H and O–H groups in total. The molecule has 1 amide bonds. The number of ether oxygens (including phenoxy) is 1. The van der Waals surface area contributed by atoms with Crippen molar-refractivity contribution >= 4 is 27.9 Å². The zero-order chi connectivity index (χ0) is 24.7. The quantitative estimate of drug-likeness (QED) is 0.329. The number of carbonyl (C=O) groups is 1. The Kier molecular flexibility index (Phi) is 6.02. The zero-order valence-electron chi connectivity index (χ0n) is 17.3. The van der Waals surface area contributed by atoms with Crippen molar-refractivity contribution in [2.45, 2.75) is 18.8 Å². The average Bonchev–Trinajstić information content (AvgIpc) is 3.34. The van der Waals surface area contributed by atoms with E-state index >= 15 is 0 Å². The van der Waals surface area contributed by atoms with E-state index < -0.39 is 35.1 Å². The lowest BCUT2D eigenvalue weighted by Gasteiger charge is -2.14. The standard InChI is InChI=1S/C22H15F6N3O2S/c1-33-17-4-2-3-12(5-17)18-10-31-16(11-34-20(31)30-18)9-19(32)29-15-7-13(21(23,24)25)6-14(8-15)22(26,27)28/h2-8,10-11H,9H2,1H3,(H,29,32). The number of rotatable bonds is 5. The second kappa shape index (κ2) is 8.67. The van der Waals surface area contributed by atoms with Crippen LogP contribution in [0.15, 0.2) is 54.0 Å². The SMILES string of the molecule is COc1cccc(-c2cn3c(CC(=O)Nc4cc(C(F)(F)F)cc(C(F)(F)F)c4)csc3n2)c1. The van der Waals surface area contributed by atoms with Gasteiger partial charge in [0.15, 0.2) is 4.96 Å². The molecule has 4 rings (SSSR count). The largest absolute Gasteiger partial charge is 0.497 e. The Labute approximate surface area is 192 Å². The van der Waals surface area contributed by atoms with Gasteiger partial charge in [0.1, 0.15) is 5.75 Å². The molecule has 0 aliphatic rings. The minimum absolute atomic E-state index is 0.00364. The molecule has 0 saturated heterocycles. The van der Waals surface area contributed by atoms with E-state index in [1.54, 1.807) is 34.2 Å². The van der Waals surface area contributed by atoms with Gasteiger partial charge in [-0.3, -0.25) is 9.20 Å². The summed E-state index contributed by atoms with van der Waals surface area (Å²) in [4.78, 5) is 17.5. The van der Waals surface area contributed by atoms with E-state index in [9.17, 15) is 31.1 Å². The number of alkyl halides is 6. The second-order valence-corrected chi connectivity index (χ2v) is 8.09. The molecule has 0 unspecified atom stereocenters. The van der Waals surface area contributed by atoms with Crippen LogP contribution in [0.4, 0.5) is 32.0 Å². The van der Waals surface area contributed by atoms with E-state index in [-0.39, 0.29) is 12.5 Å². The summed E-state index contributed by atoms with van der Waals surface area (Å²) in [7, 11) is 1.53. The molecule has 0 fully saturated rings. The summed E-state index contributed by atoms with van der Waals surface area (Å²) in [6, 6.07) is 8.11. The van der Waals surface area contributed by atoms with Crippen molar-refractivity contribution in [1.29, 1.82) is 0 Å². The fraction of sp³-hybridized carbons (Fsp3) is 0.182. The minimum atomic E-state index is -5.01. The van der Waals surface area contributed by atoms with Crippen LogP contribution >= 0.6 is 11.3 Å². The van der Waals surface area contributed by atoms with Crippen LogP contribution < -0.4 is 10.1 Å². The van der Waals surface area contributed by atoms with Crippen LogP contribution in [-0.2, 0) is 23.6 Å². The third kappa shape index (κ3) is 5.01. The normalized spacial score (nSPS) is 12.2. The number of hydrogen-bond donors (Lipinski definition) is 1. The van der Waals surface area contributed by atoms with Gasteiger partial charge in [-0.15, -0.1) is 11.3 Å². The lowest BCUT2D eigenvalue weighted by Crippen LogP contribution is -2.17. The topological polar surface area (TPSA) is 55.6 Å². The summed E-state index contributed by atoms with van der Waals surface area (Å²) in [6.45, 7) is 0. The lowest BCUT2D eigenvalue weighted by molar-refractivity contribution is -0.143. The molecule has 2 heterocycles. The van der Waals surface area contributed by atoms with Crippen molar-refractivity contribution in [3.05, 3.63) is 70.9 Å². The number of benzene rings is 2. The molecule has 178 valence electrons. The van der Waals surface area contributed by atoms with E-state index in [1.807, 2.05) is 6.07 Å². The van der Waals surface area contributed by atoms with Gasteiger partial charge in [0, 0.05) is 28.5 Å². The monoisotopic (exact) mass is 499 g/mol. The predicted molar refractivity (Wildman–Crippen MR) is 114 cm³/mol. The number of aromatic nitrogens is 2. The van der Waals surface area contributed by atoms with Crippen molar-refractivity contribution in [2.75, 3.05) is 12.4 Å². The van der Waals surface area contributed by atoms with Gasteiger partial charge in [-0.05, 0) is 30.3 Å². The van der Waals surface area contributed by atoms with Crippen LogP contribution in [0.1, 0.15) is 16.8 Å². The molecule has 0 radical (unpaired) electrons. The fourth-order valence-corrected chi connectivity index (χ4v) is 4.15. The maximum Gasteiger partial charge on any atom is 0.416 e. The number of anilines is 1. The van der Waals surface area contributed by atoms with Crippen LogP contribution in [0.3, 0.4) is 0 Å². The van der Waals surface area contributed by atoms with E-state index in [0.29, 0.717) is 34.2 Å². The molecule has 34 heavy (non-hydrogen) atoms. The number of thiazole rings is 1. The van der Waals surface area contributed by atoms with Crippen LogP contribution in [0, 0.1) is 0 Å². The van der Waals surface area contributed by atoms with Gasteiger partial charge in [0.2, 0.25) is 5.91 Å². The van der Waals surface area contributed by atoms with E-state index in [0.717, 1.165) is 5.56 Å². The number of hydrogen-bond acceptors (Lipinski definition) is 4. The summed E-state index contributed by atoms with van der Waals surface area (Å²) < 4.78 is 85.1. The average molecular weight is 499 g/mol. The second-order valence-electron chi connectivity index (χ2n) is 7.26. The Morgan fingerprint density at radius 3 is 2.35 bits per heavy atom. The van der Waals surface area contributed by atoms with E-state index in [1.165, 1.54) is 18.4 Å². The number of nitrogens with one attached hydrogen (secondary N) is 1. The number of imidazole rings is 1. The highest BCUT2D eigenvalue weighted by Crippen LogP contribution is 2.37. The molecule has 0 aliphatic carbocycles. The van der Waals surface area contributed by atoms with Crippen LogP contribution in [0.5, 0.6) is 5.75 Å². The van der Waals surface area contributed by atoms with Crippen LogP contribution in [0.25, 0.3) is 16.2 Å². The van der Waals surface area contributed by atoms with E-state index in [4.69, 9.17) is 4.74 Å². The molecule has 0 spiro atoms. The first-order chi connectivity index (χ1) is 15.9. The maximum atomic E-state index is 13.0. The molecular formula is C22H15F6N3O2S. The smallest absolute Gasteiger partial charge is 0.416 e. The number of amides is 1. The minimum Gasteiger partial charge on any atom is -0.497 e. The van der Waals surface area contributed by atoms with E-state index in [2.05, 4.69) is 10.3 Å². The Balaban J connectivity index is 1.58. The van der Waals surface area contributed by atoms with Gasteiger partial charge in [-0.1, -0.05) is 12.1 Å². The highest BCUT2D eigenvalue weighted by molar-refractivity contribution is 7.15. The first-order valence-electron chi connectivity index (χ1n) is 9.63. The van der Waals surface area contributed by atoms with Crippen molar-refractivity contribution in [3.8, 4) is 17.0 Å². The van der Waals surface area contributed by atoms with Gasteiger partial charge >= 0.3 is 12.4 Å². The fourth-order valence-electron chi connectivity index (χ4n) is 3.27. The van der Waals surface area contributed by atoms with Crippen molar-refractivity contribution in [3.63, 3.8) is 0 Å². The van der Waals surface area contributed by atoms with Gasteiger partial charge in [-0.2, -0.15) is 26.3 Å². The van der Waals surface area contributed by atoms with Gasteiger partial charge < -0.3 is 10.1 Å². The number of carbonyl (C=O) groups excluding carboxylic acids is 1. The van der Waals surface area contributed by atoms with Crippen LogP contribution in [0.2, 0.25) is 0 Å². The molecule has 4 aromatic rings. The highest BCUT2D eigenvalue weighted by atomic mass is 32.1. The summed E-state index contributed by atoms with van der Waals surface area (Å²) in [5.74, 6) is -0.142. The third-order valence-electron chi connectivity index (χ3n) is 4.86. The number of fused-ring (bicyclic) bond motifs is 1. The number of halogens is 6. The van der Waals surface area contributed by atoms with Crippen molar-refractivity contribution in [2.24, 2.45) is 0 Å². The predicted octanol–water partition coefficient (Wildman–Crippen LogP) is 6.29. The summed E-state index contributed by atoms with van der Waals surface area (Å²) in [6.07, 6.45) is -8.61. The molecule has 5 nitrogen and oxygen atoms in total. The van der Waals surface area contributed by atoms with Gasteiger partial charge in [-0.25, -0.2) is 4.98 Å². The first-order valence-corrected chi connectivity index (χ1v) is 10.5. The zero-order valence-corrected chi connectivity index (χ0v) is 18.1. The first kappa shape index (κ1) is 23.6. The molecule has 0 bridgehead atoms.